The van der Waals surface area contributed by atoms with Gasteiger partial charge < -0.3 is 14.6 Å². The first-order chi connectivity index (χ1) is 17.2. The molecule has 1 atom stereocenters. The largest absolute Gasteiger partial charge is 0.867 e. The molecule has 0 fully saturated rings. The molecule has 12 heteroatoms. The first kappa shape index (κ1) is 25.3. The van der Waals surface area contributed by atoms with Gasteiger partial charge in [-0.15, -0.1) is 0 Å². The van der Waals surface area contributed by atoms with Crippen LogP contribution in [0.15, 0.2) is 61.9 Å². The van der Waals surface area contributed by atoms with Crippen LogP contribution >= 0.6 is 27.3 Å². The van der Waals surface area contributed by atoms with Crippen molar-refractivity contribution in [3.8, 4) is 11.5 Å². The molecule has 0 aliphatic carbocycles. The van der Waals surface area contributed by atoms with Crippen LogP contribution in [0.25, 0.3) is 6.08 Å². The average Bonchev–Trinajstić information content (AvgIpc) is 3.14. The number of hydrogen-bond acceptors (Lipinski definition) is 9. The minimum absolute atomic E-state index is 0.0244. The Morgan fingerprint density at radius 2 is 2.00 bits per heavy atom. The van der Waals surface area contributed by atoms with Crippen molar-refractivity contribution >= 4 is 45.0 Å². The summed E-state index contributed by atoms with van der Waals surface area (Å²) in [5.74, 6) is -0.814. The number of thiazole rings is 1. The van der Waals surface area contributed by atoms with Gasteiger partial charge in [-0.2, -0.15) is 0 Å². The summed E-state index contributed by atoms with van der Waals surface area (Å²) in [5, 5.41) is 23.9. The fourth-order valence-corrected chi connectivity index (χ4v) is 5.38. The maximum absolute atomic E-state index is 13.6. The highest BCUT2D eigenvalue weighted by atomic mass is 79.9. The van der Waals surface area contributed by atoms with Crippen molar-refractivity contribution in [1.82, 2.24) is 4.57 Å². The van der Waals surface area contributed by atoms with Crippen LogP contribution in [0.5, 0.6) is 11.5 Å². The van der Waals surface area contributed by atoms with E-state index in [9.17, 15) is 24.8 Å². The zero-order chi connectivity index (χ0) is 26.1. The third-order valence-electron chi connectivity index (χ3n) is 5.49. The van der Waals surface area contributed by atoms with Crippen molar-refractivity contribution in [2.24, 2.45) is 4.99 Å². The average molecular weight is 573 g/mol. The lowest BCUT2D eigenvalue weighted by atomic mass is 9.96. The van der Waals surface area contributed by atoms with Crippen LogP contribution < -0.4 is 24.7 Å². The van der Waals surface area contributed by atoms with E-state index < -0.39 is 33.9 Å². The third kappa shape index (κ3) is 4.56. The molecule has 0 bridgehead atoms. The topological polar surface area (TPSA) is 136 Å². The number of carbonyl (C=O) groups is 1. The maximum Gasteiger partial charge on any atom is 0.338 e. The molecule has 36 heavy (non-hydrogen) atoms. The lowest BCUT2D eigenvalue weighted by Gasteiger charge is -2.24. The highest BCUT2D eigenvalue weighted by molar-refractivity contribution is 9.10. The lowest BCUT2D eigenvalue weighted by Crippen LogP contribution is -2.39. The summed E-state index contributed by atoms with van der Waals surface area (Å²) in [7, 11) is 1.53. The van der Waals surface area contributed by atoms with Crippen LogP contribution in [0, 0.1) is 10.1 Å². The number of ether oxygens (including phenoxy) is 2. The van der Waals surface area contributed by atoms with Gasteiger partial charge in [0.25, 0.3) is 11.2 Å². The number of methoxy groups -OCH3 is 1. The van der Waals surface area contributed by atoms with Crippen molar-refractivity contribution < 1.29 is 24.3 Å². The number of nitro groups is 1. The summed E-state index contributed by atoms with van der Waals surface area (Å²) < 4.78 is 12.3. The molecule has 0 unspecified atom stereocenters. The molecule has 3 aromatic rings. The molecular weight excluding hydrogens is 554 g/mol. The van der Waals surface area contributed by atoms with Gasteiger partial charge >= 0.3 is 5.97 Å². The SMILES string of the molecule is CCOC(=O)C1=C(C)N=c2s/c(=C\c3cc(Br)cc([N+](=O)[O-])c3[O-])c(=O)n2[C@@H]1c1ccc(OC)cc1. The Morgan fingerprint density at radius 1 is 1.31 bits per heavy atom. The molecule has 1 aliphatic heterocycles. The molecule has 0 saturated carbocycles. The summed E-state index contributed by atoms with van der Waals surface area (Å²) in [6, 6.07) is 8.60. The number of esters is 1. The number of nitro benzene ring substituents is 1. The van der Waals surface area contributed by atoms with E-state index in [1.807, 2.05) is 0 Å². The first-order valence-corrected chi connectivity index (χ1v) is 12.3. The number of carbonyl (C=O) groups excluding carboxylic acids is 1. The van der Waals surface area contributed by atoms with Gasteiger partial charge in [0.05, 0.1) is 40.5 Å². The number of nitrogens with zero attached hydrogens (tertiary/aromatic N) is 3. The van der Waals surface area contributed by atoms with Gasteiger partial charge in [0.2, 0.25) is 0 Å². The fraction of sp³-hybridized carbons (Fsp3) is 0.208. The molecule has 0 spiro atoms. The molecular formula is C24H19BrN3O7S-. The second kappa shape index (κ2) is 10.1. The Balaban J connectivity index is 1.97. The third-order valence-corrected chi connectivity index (χ3v) is 6.94. The number of allylic oxidation sites excluding steroid dienone is 1. The van der Waals surface area contributed by atoms with Gasteiger partial charge in [0, 0.05) is 10.5 Å². The van der Waals surface area contributed by atoms with E-state index in [0.717, 1.165) is 17.4 Å². The molecule has 0 N–H and O–H groups in total. The monoisotopic (exact) mass is 572 g/mol. The smallest absolute Gasteiger partial charge is 0.338 e. The number of benzene rings is 2. The Labute approximate surface area is 216 Å². The minimum atomic E-state index is -0.836. The predicted molar refractivity (Wildman–Crippen MR) is 134 cm³/mol. The van der Waals surface area contributed by atoms with Crippen molar-refractivity contribution in [1.29, 1.82) is 0 Å². The van der Waals surface area contributed by atoms with Crippen LogP contribution in [0.4, 0.5) is 5.69 Å². The normalized spacial score (nSPS) is 15.3. The van der Waals surface area contributed by atoms with Crippen LogP contribution in [0.3, 0.4) is 0 Å². The highest BCUT2D eigenvalue weighted by Crippen LogP contribution is 2.33. The second-order valence-electron chi connectivity index (χ2n) is 7.68. The zero-order valence-electron chi connectivity index (χ0n) is 19.3. The van der Waals surface area contributed by atoms with Crippen LogP contribution in [0.1, 0.15) is 31.0 Å². The summed E-state index contributed by atoms with van der Waals surface area (Å²) in [6.07, 6.45) is 1.30. The van der Waals surface area contributed by atoms with Gasteiger partial charge in [-0.05, 0) is 55.0 Å². The van der Waals surface area contributed by atoms with E-state index in [1.54, 1.807) is 38.1 Å². The summed E-state index contributed by atoms with van der Waals surface area (Å²) in [6.45, 7) is 3.49. The number of rotatable bonds is 6. The molecule has 1 aliphatic rings. The second-order valence-corrected chi connectivity index (χ2v) is 9.60. The zero-order valence-corrected chi connectivity index (χ0v) is 21.7. The quantitative estimate of drug-likeness (QED) is 0.251. The highest BCUT2D eigenvalue weighted by Gasteiger charge is 2.33. The van der Waals surface area contributed by atoms with Gasteiger partial charge in [0.1, 0.15) is 5.75 Å². The number of halogens is 1. The molecule has 2 heterocycles. The van der Waals surface area contributed by atoms with Crippen molar-refractivity contribution in [3.63, 3.8) is 0 Å². The van der Waals surface area contributed by atoms with E-state index in [-0.39, 0.29) is 22.3 Å². The molecule has 0 amide bonds. The Morgan fingerprint density at radius 3 is 2.61 bits per heavy atom. The number of fused-ring (bicyclic) bond motifs is 1. The van der Waals surface area contributed by atoms with Crippen molar-refractivity contribution in [3.05, 3.63) is 93.1 Å². The molecule has 10 nitrogen and oxygen atoms in total. The van der Waals surface area contributed by atoms with Gasteiger partial charge in [-0.25, -0.2) is 9.79 Å². The van der Waals surface area contributed by atoms with Crippen LogP contribution in [0.2, 0.25) is 0 Å². The van der Waals surface area contributed by atoms with E-state index in [1.165, 1.54) is 23.8 Å². The Hall–Kier alpha value is -3.77. The van der Waals surface area contributed by atoms with Gasteiger partial charge in [-0.3, -0.25) is 19.5 Å². The molecule has 0 radical (unpaired) electrons. The molecule has 1 aromatic heterocycles. The van der Waals surface area contributed by atoms with E-state index in [0.29, 0.717) is 26.3 Å². The van der Waals surface area contributed by atoms with E-state index >= 15 is 0 Å². The van der Waals surface area contributed by atoms with Gasteiger partial charge in [0.15, 0.2) is 4.80 Å². The summed E-state index contributed by atoms with van der Waals surface area (Å²) in [5.41, 5.74) is 0.0937. The van der Waals surface area contributed by atoms with Crippen molar-refractivity contribution in [2.45, 2.75) is 19.9 Å². The molecule has 2 aromatic carbocycles. The van der Waals surface area contributed by atoms with E-state index in [2.05, 4.69) is 20.9 Å². The lowest BCUT2D eigenvalue weighted by molar-refractivity contribution is -0.398. The molecule has 4 rings (SSSR count). The van der Waals surface area contributed by atoms with Gasteiger partial charge in [-0.1, -0.05) is 39.4 Å². The fourth-order valence-electron chi connectivity index (χ4n) is 3.88. The first-order valence-electron chi connectivity index (χ1n) is 10.6. The minimum Gasteiger partial charge on any atom is -0.867 e. The number of aromatic nitrogens is 1. The molecule has 186 valence electrons. The van der Waals surface area contributed by atoms with Crippen molar-refractivity contribution in [2.75, 3.05) is 13.7 Å². The van der Waals surface area contributed by atoms with Crippen LogP contribution in [-0.2, 0) is 9.53 Å². The summed E-state index contributed by atoms with van der Waals surface area (Å²) >= 11 is 4.19. The molecule has 0 saturated heterocycles. The predicted octanol–water partition coefficient (Wildman–Crippen LogP) is 2.55. The maximum atomic E-state index is 13.6. The van der Waals surface area contributed by atoms with E-state index in [4.69, 9.17) is 9.47 Å². The number of hydrogen-bond donors (Lipinski definition) is 0. The Bertz CT molecular complexity index is 1590. The summed E-state index contributed by atoms with van der Waals surface area (Å²) in [4.78, 5) is 41.8. The Kier molecular flexibility index (Phi) is 7.09. The van der Waals surface area contributed by atoms with Crippen LogP contribution in [-0.4, -0.2) is 29.2 Å². The standard InChI is InChI=1S/C24H20BrN3O7S/c1-4-35-23(31)19-12(2)26-24-27(20(19)13-5-7-16(34-3)8-6-13)22(30)18(36-24)10-14-9-15(25)11-17(21(14)29)28(32)33/h5-11,20,29H,4H2,1-3H3/p-1/b18-10-/t20-/m1/s1.